The SMILES string of the molecule is OCC1CCCCC1CNCc1cc(F)ccc1F. The number of halogens is 2. The third-order valence-electron chi connectivity index (χ3n) is 4.03. The summed E-state index contributed by atoms with van der Waals surface area (Å²) in [5, 5.41) is 12.5. The van der Waals surface area contributed by atoms with Gasteiger partial charge in [-0.2, -0.15) is 0 Å². The Morgan fingerprint density at radius 1 is 1.16 bits per heavy atom. The van der Waals surface area contributed by atoms with Crippen molar-refractivity contribution in [2.75, 3.05) is 13.2 Å². The molecule has 2 unspecified atom stereocenters. The van der Waals surface area contributed by atoms with E-state index in [2.05, 4.69) is 5.32 Å². The summed E-state index contributed by atoms with van der Waals surface area (Å²) < 4.78 is 26.4. The van der Waals surface area contributed by atoms with Gasteiger partial charge in [0.25, 0.3) is 0 Å². The molecule has 0 aromatic heterocycles. The Balaban J connectivity index is 1.83. The van der Waals surface area contributed by atoms with Crippen molar-refractivity contribution in [1.29, 1.82) is 0 Å². The maximum absolute atomic E-state index is 13.4. The number of aliphatic hydroxyl groups is 1. The first kappa shape index (κ1) is 14.4. The second-order valence-corrected chi connectivity index (χ2v) is 5.35. The first-order valence-corrected chi connectivity index (χ1v) is 6.96. The zero-order chi connectivity index (χ0) is 13.7. The minimum Gasteiger partial charge on any atom is -0.396 e. The van der Waals surface area contributed by atoms with Crippen molar-refractivity contribution in [3.8, 4) is 0 Å². The Hall–Kier alpha value is -1.00. The van der Waals surface area contributed by atoms with E-state index in [0.717, 1.165) is 31.5 Å². The van der Waals surface area contributed by atoms with Crippen LogP contribution in [0.2, 0.25) is 0 Å². The average molecular weight is 269 g/mol. The van der Waals surface area contributed by atoms with Crippen molar-refractivity contribution in [3.63, 3.8) is 0 Å². The van der Waals surface area contributed by atoms with E-state index in [1.165, 1.54) is 18.9 Å². The van der Waals surface area contributed by atoms with Gasteiger partial charge in [-0.25, -0.2) is 8.78 Å². The second kappa shape index (κ2) is 6.96. The fourth-order valence-corrected chi connectivity index (χ4v) is 2.86. The zero-order valence-corrected chi connectivity index (χ0v) is 11.0. The molecule has 0 aliphatic heterocycles. The van der Waals surface area contributed by atoms with Crippen molar-refractivity contribution in [1.82, 2.24) is 5.32 Å². The van der Waals surface area contributed by atoms with Crippen molar-refractivity contribution < 1.29 is 13.9 Å². The summed E-state index contributed by atoms with van der Waals surface area (Å²) in [6, 6.07) is 3.51. The molecule has 2 nitrogen and oxygen atoms in total. The highest BCUT2D eigenvalue weighted by Gasteiger charge is 2.23. The quantitative estimate of drug-likeness (QED) is 0.861. The van der Waals surface area contributed by atoms with E-state index in [9.17, 15) is 13.9 Å². The molecular weight excluding hydrogens is 248 g/mol. The van der Waals surface area contributed by atoms with Gasteiger partial charge in [-0.1, -0.05) is 12.8 Å². The number of benzene rings is 1. The molecule has 19 heavy (non-hydrogen) atoms. The van der Waals surface area contributed by atoms with Crippen LogP contribution in [0, 0.1) is 23.5 Å². The number of aliphatic hydroxyl groups excluding tert-OH is 1. The van der Waals surface area contributed by atoms with E-state index in [1.807, 2.05) is 0 Å². The van der Waals surface area contributed by atoms with Gasteiger partial charge in [0.05, 0.1) is 0 Å². The van der Waals surface area contributed by atoms with Gasteiger partial charge < -0.3 is 10.4 Å². The van der Waals surface area contributed by atoms with Crippen LogP contribution in [-0.4, -0.2) is 18.3 Å². The van der Waals surface area contributed by atoms with Crippen LogP contribution in [0.1, 0.15) is 31.2 Å². The summed E-state index contributed by atoms with van der Waals surface area (Å²) >= 11 is 0. The Kier molecular flexibility index (Phi) is 5.28. The van der Waals surface area contributed by atoms with Crippen molar-refractivity contribution >= 4 is 0 Å². The Morgan fingerprint density at radius 3 is 2.63 bits per heavy atom. The van der Waals surface area contributed by atoms with Crippen LogP contribution in [0.25, 0.3) is 0 Å². The van der Waals surface area contributed by atoms with Crippen LogP contribution >= 0.6 is 0 Å². The smallest absolute Gasteiger partial charge is 0.127 e. The molecule has 1 fully saturated rings. The topological polar surface area (TPSA) is 32.3 Å². The van der Waals surface area contributed by atoms with Crippen LogP contribution in [0.15, 0.2) is 18.2 Å². The van der Waals surface area contributed by atoms with Crippen LogP contribution in [0.3, 0.4) is 0 Å². The van der Waals surface area contributed by atoms with Gasteiger partial charge in [-0.15, -0.1) is 0 Å². The van der Waals surface area contributed by atoms with E-state index < -0.39 is 5.82 Å². The molecule has 0 radical (unpaired) electrons. The first-order valence-electron chi connectivity index (χ1n) is 6.96. The molecule has 1 aromatic rings. The predicted octanol–water partition coefficient (Wildman–Crippen LogP) is 2.85. The van der Waals surface area contributed by atoms with Gasteiger partial charge in [0.15, 0.2) is 0 Å². The van der Waals surface area contributed by atoms with Gasteiger partial charge in [0.1, 0.15) is 11.6 Å². The Bertz CT molecular complexity index is 411. The van der Waals surface area contributed by atoms with Gasteiger partial charge >= 0.3 is 0 Å². The maximum Gasteiger partial charge on any atom is 0.127 e. The molecule has 2 N–H and O–H groups in total. The summed E-state index contributed by atoms with van der Waals surface area (Å²) in [5.74, 6) is -0.00525. The van der Waals surface area contributed by atoms with Crippen LogP contribution < -0.4 is 5.32 Å². The summed E-state index contributed by atoms with van der Waals surface area (Å²) in [4.78, 5) is 0. The number of hydrogen-bond donors (Lipinski definition) is 2. The van der Waals surface area contributed by atoms with E-state index in [4.69, 9.17) is 0 Å². The third kappa shape index (κ3) is 3.98. The zero-order valence-electron chi connectivity index (χ0n) is 11.0. The highest BCUT2D eigenvalue weighted by atomic mass is 19.1. The maximum atomic E-state index is 13.4. The minimum absolute atomic E-state index is 0.223. The van der Waals surface area contributed by atoms with Gasteiger partial charge in [0.2, 0.25) is 0 Å². The van der Waals surface area contributed by atoms with Crippen LogP contribution in [0.5, 0.6) is 0 Å². The molecule has 4 heteroatoms. The van der Waals surface area contributed by atoms with Crippen LogP contribution in [0.4, 0.5) is 8.78 Å². The monoisotopic (exact) mass is 269 g/mol. The largest absolute Gasteiger partial charge is 0.396 e. The summed E-state index contributed by atoms with van der Waals surface area (Å²) in [5.41, 5.74) is 0.358. The molecule has 0 heterocycles. The molecule has 1 aromatic carbocycles. The number of rotatable bonds is 5. The third-order valence-corrected chi connectivity index (χ3v) is 4.03. The molecule has 0 saturated heterocycles. The number of hydrogen-bond acceptors (Lipinski definition) is 2. The molecule has 0 amide bonds. The van der Waals surface area contributed by atoms with Gasteiger partial charge in [-0.3, -0.25) is 0 Å². The molecular formula is C15H21F2NO. The van der Waals surface area contributed by atoms with Crippen molar-refractivity contribution in [2.24, 2.45) is 11.8 Å². The van der Waals surface area contributed by atoms with Gasteiger partial charge in [0, 0.05) is 18.7 Å². The van der Waals surface area contributed by atoms with E-state index >= 15 is 0 Å². The lowest BCUT2D eigenvalue weighted by molar-refractivity contribution is 0.133. The lowest BCUT2D eigenvalue weighted by Crippen LogP contribution is -2.32. The molecule has 2 atom stereocenters. The molecule has 106 valence electrons. The lowest BCUT2D eigenvalue weighted by atomic mass is 9.79. The molecule has 1 aliphatic rings. The summed E-state index contributed by atoms with van der Waals surface area (Å²) in [6.07, 6.45) is 4.54. The molecule has 2 rings (SSSR count). The standard InChI is InChI=1S/C15H21F2NO/c16-14-5-6-15(17)13(7-14)9-18-8-11-3-1-2-4-12(11)10-19/h5-7,11-12,18-19H,1-4,8-10H2. The average Bonchev–Trinajstić information content (AvgIpc) is 2.43. The lowest BCUT2D eigenvalue weighted by Gasteiger charge is -2.30. The van der Waals surface area contributed by atoms with Crippen molar-refractivity contribution in [3.05, 3.63) is 35.4 Å². The molecule has 1 saturated carbocycles. The van der Waals surface area contributed by atoms with Crippen molar-refractivity contribution in [2.45, 2.75) is 32.2 Å². The number of nitrogens with one attached hydrogen (secondary N) is 1. The fourth-order valence-electron chi connectivity index (χ4n) is 2.86. The molecule has 1 aliphatic carbocycles. The fraction of sp³-hybridized carbons (Fsp3) is 0.600. The highest BCUT2D eigenvalue weighted by Crippen LogP contribution is 2.29. The molecule has 0 spiro atoms. The van der Waals surface area contributed by atoms with E-state index in [1.54, 1.807) is 0 Å². The minimum atomic E-state index is -0.413. The van der Waals surface area contributed by atoms with Gasteiger partial charge in [-0.05, 0) is 49.4 Å². The Labute approximate surface area is 112 Å². The van der Waals surface area contributed by atoms with E-state index in [0.29, 0.717) is 23.9 Å². The summed E-state index contributed by atoms with van der Waals surface area (Å²) in [6.45, 7) is 1.31. The van der Waals surface area contributed by atoms with E-state index in [-0.39, 0.29) is 12.4 Å². The predicted molar refractivity (Wildman–Crippen MR) is 70.6 cm³/mol. The Morgan fingerprint density at radius 2 is 1.89 bits per heavy atom. The van der Waals surface area contributed by atoms with Crippen LogP contribution in [-0.2, 0) is 6.54 Å². The molecule has 0 bridgehead atoms. The first-order chi connectivity index (χ1) is 9.20. The highest BCUT2D eigenvalue weighted by molar-refractivity contribution is 5.18. The second-order valence-electron chi connectivity index (χ2n) is 5.35. The normalized spacial score (nSPS) is 23.5. The summed E-state index contributed by atoms with van der Waals surface area (Å²) in [7, 11) is 0.